The SMILES string of the molecule is COc1c(C)cccc1CC(=O)NCCCN. The molecule has 3 N–H and O–H groups in total. The minimum atomic E-state index is 0.00218. The standard InChI is InChI=1S/C13H20N2O2/c1-10-5-3-6-11(13(10)17-2)9-12(16)15-8-4-7-14/h3,5-6H,4,7-9,14H2,1-2H3,(H,15,16). The number of nitrogens with two attached hydrogens (primary N) is 1. The lowest BCUT2D eigenvalue weighted by Gasteiger charge is -2.11. The van der Waals surface area contributed by atoms with Crippen LogP contribution in [-0.4, -0.2) is 26.1 Å². The van der Waals surface area contributed by atoms with Crippen LogP contribution in [0.1, 0.15) is 17.5 Å². The molecule has 0 bridgehead atoms. The number of methoxy groups -OCH3 is 1. The van der Waals surface area contributed by atoms with Gasteiger partial charge in [0.2, 0.25) is 5.91 Å². The summed E-state index contributed by atoms with van der Waals surface area (Å²) in [6, 6.07) is 5.81. The first-order valence-corrected chi connectivity index (χ1v) is 5.78. The number of ether oxygens (including phenoxy) is 1. The van der Waals surface area contributed by atoms with Crippen LogP contribution in [0.3, 0.4) is 0 Å². The normalized spacial score (nSPS) is 10.1. The van der Waals surface area contributed by atoms with Crippen molar-refractivity contribution in [2.75, 3.05) is 20.2 Å². The summed E-state index contributed by atoms with van der Waals surface area (Å²) in [6.07, 6.45) is 1.14. The maximum absolute atomic E-state index is 11.7. The zero-order valence-electron chi connectivity index (χ0n) is 10.5. The van der Waals surface area contributed by atoms with Crippen LogP contribution in [0.25, 0.3) is 0 Å². The molecule has 4 nitrogen and oxygen atoms in total. The number of benzene rings is 1. The Morgan fingerprint density at radius 1 is 1.47 bits per heavy atom. The molecule has 0 aromatic heterocycles. The molecule has 0 atom stereocenters. The fraction of sp³-hybridized carbons (Fsp3) is 0.462. The van der Waals surface area contributed by atoms with E-state index in [0.717, 1.165) is 23.3 Å². The molecule has 0 saturated carbocycles. The van der Waals surface area contributed by atoms with Gasteiger partial charge in [0.1, 0.15) is 5.75 Å². The number of aryl methyl sites for hydroxylation is 1. The van der Waals surface area contributed by atoms with E-state index in [9.17, 15) is 4.79 Å². The quantitative estimate of drug-likeness (QED) is 0.725. The minimum Gasteiger partial charge on any atom is -0.496 e. The summed E-state index contributed by atoms with van der Waals surface area (Å²) in [4.78, 5) is 11.7. The second-order valence-electron chi connectivity index (χ2n) is 3.94. The topological polar surface area (TPSA) is 64.3 Å². The van der Waals surface area contributed by atoms with Crippen molar-refractivity contribution in [1.29, 1.82) is 0 Å². The molecule has 0 radical (unpaired) electrons. The molecule has 17 heavy (non-hydrogen) atoms. The van der Waals surface area contributed by atoms with E-state index in [1.54, 1.807) is 7.11 Å². The van der Waals surface area contributed by atoms with Crippen LogP contribution in [-0.2, 0) is 11.2 Å². The monoisotopic (exact) mass is 236 g/mol. The highest BCUT2D eigenvalue weighted by Gasteiger charge is 2.09. The molecule has 0 fully saturated rings. The van der Waals surface area contributed by atoms with Gasteiger partial charge in [-0.3, -0.25) is 4.79 Å². The Hall–Kier alpha value is -1.55. The number of amides is 1. The molecular formula is C13H20N2O2. The molecule has 0 aliphatic carbocycles. The summed E-state index contributed by atoms with van der Waals surface area (Å²) in [5, 5.41) is 2.83. The minimum absolute atomic E-state index is 0.00218. The van der Waals surface area contributed by atoms with Crippen molar-refractivity contribution in [3.63, 3.8) is 0 Å². The molecular weight excluding hydrogens is 216 g/mol. The molecule has 1 aromatic rings. The second-order valence-corrected chi connectivity index (χ2v) is 3.94. The van der Waals surface area contributed by atoms with Gasteiger partial charge in [0.25, 0.3) is 0 Å². The van der Waals surface area contributed by atoms with Crippen molar-refractivity contribution in [2.24, 2.45) is 5.73 Å². The molecule has 0 spiro atoms. The van der Waals surface area contributed by atoms with Gasteiger partial charge < -0.3 is 15.8 Å². The van der Waals surface area contributed by atoms with Gasteiger partial charge in [-0.05, 0) is 25.5 Å². The predicted molar refractivity (Wildman–Crippen MR) is 68.1 cm³/mol. The molecule has 0 aliphatic heterocycles. The number of rotatable bonds is 6. The van der Waals surface area contributed by atoms with Crippen molar-refractivity contribution in [3.05, 3.63) is 29.3 Å². The third-order valence-electron chi connectivity index (χ3n) is 2.55. The van der Waals surface area contributed by atoms with E-state index in [1.165, 1.54) is 0 Å². The van der Waals surface area contributed by atoms with E-state index in [0.29, 0.717) is 19.5 Å². The molecule has 0 unspecified atom stereocenters. The Morgan fingerprint density at radius 2 is 2.24 bits per heavy atom. The van der Waals surface area contributed by atoms with Gasteiger partial charge in [0, 0.05) is 12.1 Å². The van der Waals surface area contributed by atoms with Crippen LogP contribution >= 0.6 is 0 Å². The lowest BCUT2D eigenvalue weighted by molar-refractivity contribution is -0.120. The zero-order chi connectivity index (χ0) is 12.7. The number of para-hydroxylation sites is 1. The maximum atomic E-state index is 11.7. The van der Waals surface area contributed by atoms with E-state index < -0.39 is 0 Å². The van der Waals surface area contributed by atoms with E-state index in [1.807, 2.05) is 25.1 Å². The van der Waals surface area contributed by atoms with Gasteiger partial charge in [-0.25, -0.2) is 0 Å². The molecule has 0 aliphatic rings. The van der Waals surface area contributed by atoms with Crippen LogP contribution in [0.5, 0.6) is 5.75 Å². The Bertz CT molecular complexity index is 378. The zero-order valence-corrected chi connectivity index (χ0v) is 10.5. The highest BCUT2D eigenvalue weighted by atomic mass is 16.5. The van der Waals surface area contributed by atoms with Gasteiger partial charge in [-0.1, -0.05) is 18.2 Å². The number of carbonyl (C=O) groups excluding carboxylic acids is 1. The van der Waals surface area contributed by atoms with Gasteiger partial charge >= 0.3 is 0 Å². The Labute approximate surface area is 102 Å². The van der Waals surface area contributed by atoms with Crippen LogP contribution in [0.15, 0.2) is 18.2 Å². The molecule has 1 amide bonds. The number of carbonyl (C=O) groups is 1. The fourth-order valence-corrected chi connectivity index (χ4v) is 1.71. The van der Waals surface area contributed by atoms with Crippen molar-refractivity contribution >= 4 is 5.91 Å². The predicted octanol–water partition coefficient (Wildman–Crippen LogP) is 1.01. The van der Waals surface area contributed by atoms with Crippen LogP contribution < -0.4 is 15.8 Å². The summed E-state index contributed by atoms with van der Waals surface area (Å²) in [5.41, 5.74) is 7.32. The highest BCUT2D eigenvalue weighted by Crippen LogP contribution is 2.23. The van der Waals surface area contributed by atoms with E-state index >= 15 is 0 Å². The van der Waals surface area contributed by atoms with Crippen molar-refractivity contribution in [3.8, 4) is 5.75 Å². The van der Waals surface area contributed by atoms with Crippen LogP contribution in [0.2, 0.25) is 0 Å². The first-order valence-electron chi connectivity index (χ1n) is 5.78. The number of hydrogen-bond acceptors (Lipinski definition) is 3. The highest BCUT2D eigenvalue weighted by molar-refractivity contribution is 5.79. The lowest BCUT2D eigenvalue weighted by atomic mass is 10.1. The maximum Gasteiger partial charge on any atom is 0.224 e. The fourth-order valence-electron chi connectivity index (χ4n) is 1.71. The Balaban J connectivity index is 2.61. The summed E-state index contributed by atoms with van der Waals surface area (Å²) in [6.45, 7) is 3.19. The first kappa shape index (κ1) is 13.5. The smallest absolute Gasteiger partial charge is 0.224 e. The van der Waals surface area contributed by atoms with Crippen molar-refractivity contribution < 1.29 is 9.53 Å². The lowest BCUT2D eigenvalue weighted by Crippen LogP contribution is -2.27. The third kappa shape index (κ3) is 4.07. The molecule has 1 rings (SSSR count). The van der Waals surface area contributed by atoms with E-state index in [-0.39, 0.29) is 5.91 Å². The third-order valence-corrected chi connectivity index (χ3v) is 2.55. The average molecular weight is 236 g/mol. The van der Waals surface area contributed by atoms with Gasteiger partial charge in [-0.15, -0.1) is 0 Å². The molecule has 94 valence electrons. The summed E-state index contributed by atoms with van der Waals surface area (Å²) < 4.78 is 5.30. The average Bonchev–Trinajstić information content (AvgIpc) is 2.29. The Kier molecular flexibility index (Phi) is 5.49. The molecule has 0 saturated heterocycles. The van der Waals surface area contributed by atoms with Crippen molar-refractivity contribution in [1.82, 2.24) is 5.32 Å². The van der Waals surface area contributed by atoms with E-state index in [2.05, 4.69) is 5.32 Å². The molecule has 1 aromatic carbocycles. The van der Waals surface area contributed by atoms with Crippen LogP contribution in [0, 0.1) is 6.92 Å². The first-order chi connectivity index (χ1) is 8.19. The van der Waals surface area contributed by atoms with Gasteiger partial charge in [0.15, 0.2) is 0 Å². The van der Waals surface area contributed by atoms with Crippen LogP contribution in [0.4, 0.5) is 0 Å². The largest absolute Gasteiger partial charge is 0.496 e. The number of nitrogens with one attached hydrogen (secondary N) is 1. The molecule has 0 heterocycles. The summed E-state index contributed by atoms with van der Waals surface area (Å²) in [7, 11) is 1.62. The van der Waals surface area contributed by atoms with Gasteiger partial charge in [0.05, 0.1) is 13.5 Å². The molecule has 4 heteroatoms. The summed E-state index contributed by atoms with van der Waals surface area (Å²) in [5.74, 6) is 0.795. The summed E-state index contributed by atoms with van der Waals surface area (Å²) >= 11 is 0. The van der Waals surface area contributed by atoms with Crippen molar-refractivity contribution in [2.45, 2.75) is 19.8 Å². The Morgan fingerprint density at radius 3 is 2.88 bits per heavy atom. The van der Waals surface area contributed by atoms with E-state index in [4.69, 9.17) is 10.5 Å². The number of hydrogen-bond donors (Lipinski definition) is 2. The second kappa shape index (κ2) is 6.91. The van der Waals surface area contributed by atoms with Gasteiger partial charge in [-0.2, -0.15) is 0 Å².